The number of nitrogens with two attached hydrogens (primary N) is 1. The molecule has 148 valence electrons. The Labute approximate surface area is 168 Å². The number of benzene rings is 3. The highest BCUT2D eigenvalue weighted by molar-refractivity contribution is 5.96. The Morgan fingerprint density at radius 2 is 1.86 bits per heavy atom. The number of aliphatic hydroxyl groups is 1. The number of aliphatic hydroxyl groups excluding tert-OH is 1. The van der Waals surface area contributed by atoms with E-state index in [2.05, 4.69) is 5.32 Å². The van der Waals surface area contributed by atoms with Gasteiger partial charge in [-0.2, -0.15) is 0 Å². The third-order valence-electron chi connectivity index (χ3n) is 4.67. The molecule has 0 spiro atoms. The van der Waals surface area contributed by atoms with Crippen LogP contribution >= 0.6 is 0 Å². The van der Waals surface area contributed by atoms with E-state index in [9.17, 15) is 14.3 Å². The SMILES string of the molecule is N=Cc1cc(-c2cccc(C(=O)NC(CCO)c3cccc(F)c3)c2)ccc1N. The Hall–Kier alpha value is -3.51. The molecule has 0 aliphatic carbocycles. The number of carbonyl (C=O) groups excluding carboxylic acids is 1. The lowest BCUT2D eigenvalue weighted by atomic mass is 9.99. The maximum Gasteiger partial charge on any atom is 0.251 e. The minimum absolute atomic E-state index is 0.140. The van der Waals surface area contributed by atoms with Gasteiger partial charge in [-0.1, -0.05) is 30.3 Å². The summed E-state index contributed by atoms with van der Waals surface area (Å²) >= 11 is 0. The topological polar surface area (TPSA) is 99.2 Å². The summed E-state index contributed by atoms with van der Waals surface area (Å²) in [5.41, 5.74) is 9.64. The third kappa shape index (κ3) is 4.86. The summed E-state index contributed by atoms with van der Waals surface area (Å²) in [7, 11) is 0. The van der Waals surface area contributed by atoms with Crippen molar-refractivity contribution >= 4 is 17.8 Å². The van der Waals surface area contributed by atoms with Gasteiger partial charge in [0.05, 0.1) is 6.04 Å². The van der Waals surface area contributed by atoms with Crippen LogP contribution in [0.4, 0.5) is 10.1 Å². The monoisotopic (exact) mass is 391 g/mol. The van der Waals surface area contributed by atoms with Crippen LogP contribution in [0.3, 0.4) is 0 Å². The Morgan fingerprint density at radius 3 is 2.59 bits per heavy atom. The Bertz CT molecular complexity index is 1040. The molecule has 0 bridgehead atoms. The first-order chi connectivity index (χ1) is 14.0. The zero-order valence-corrected chi connectivity index (χ0v) is 15.7. The molecule has 0 radical (unpaired) electrons. The fourth-order valence-electron chi connectivity index (χ4n) is 3.14. The van der Waals surface area contributed by atoms with Crippen LogP contribution in [0.15, 0.2) is 66.7 Å². The van der Waals surface area contributed by atoms with Crippen LogP contribution in [0.5, 0.6) is 0 Å². The molecule has 0 aromatic heterocycles. The zero-order valence-electron chi connectivity index (χ0n) is 15.7. The van der Waals surface area contributed by atoms with Crippen molar-refractivity contribution in [3.63, 3.8) is 0 Å². The van der Waals surface area contributed by atoms with Crippen molar-refractivity contribution in [2.45, 2.75) is 12.5 Å². The molecule has 1 amide bonds. The molecule has 3 rings (SSSR count). The number of hydrogen-bond donors (Lipinski definition) is 4. The normalized spacial score (nSPS) is 11.7. The van der Waals surface area contributed by atoms with E-state index >= 15 is 0 Å². The lowest BCUT2D eigenvalue weighted by molar-refractivity contribution is 0.0930. The molecule has 0 saturated heterocycles. The van der Waals surface area contributed by atoms with Crippen LogP contribution in [-0.4, -0.2) is 23.8 Å². The fraction of sp³-hybridized carbons (Fsp3) is 0.130. The first-order valence-corrected chi connectivity index (χ1v) is 9.19. The fourth-order valence-corrected chi connectivity index (χ4v) is 3.14. The highest BCUT2D eigenvalue weighted by atomic mass is 19.1. The average Bonchev–Trinajstić information content (AvgIpc) is 2.74. The summed E-state index contributed by atoms with van der Waals surface area (Å²) in [5.74, 6) is -0.718. The summed E-state index contributed by atoms with van der Waals surface area (Å²) in [6.07, 6.45) is 1.46. The summed E-state index contributed by atoms with van der Waals surface area (Å²) in [5, 5.41) is 19.7. The third-order valence-corrected chi connectivity index (χ3v) is 4.67. The maximum atomic E-state index is 13.6. The summed E-state index contributed by atoms with van der Waals surface area (Å²) < 4.78 is 13.6. The first-order valence-electron chi connectivity index (χ1n) is 9.19. The van der Waals surface area contributed by atoms with E-state index in [1.54, 1.807) is 42.5 Å². The van der Waals surface area contributed by atoms with Gasteiger partial charge in [0.2, 0.25) is 0 Å². The lowest BCUT2D eigenvalue weighted by Gasteiger charge is -2.19. The maximum absolute atomic E-state index is 13.6. The van der Waals surface area contributed by atoms with E-state index in [-0.39, 0.29) is 18.9 Å². The second kappa shape index (κ2) is 9.12. The van der Waals surface area contributed by atoms with Gasteiger partial charge in [0, 0.05) is 29.6 Å². The lowest BCUT2D eigenvalue weighted by Crippen LogP contribution is -2.29. The summed E-state index contributed by atoms with van der Waals surface area (Å²) in [4.78, 5) is 12.8. The quantitative estimate of drug-likeness (QED) is 0.363. The van der Waals surface area contributed by atoms with Gasteiger partial charge in [0.25, 0.3) is 5.91 Å². The molecule has 3 aromatic rings. The zero-order chi connectivity index (χ0) is 20.8. The van der Waals surface area contributed by atoms with Crippen molar-refractivity contribution in [3.8, 4) is 11.1 Å². The predicted molar refractivity (Wildman–Crippen MR) is 112 cm³/mol. The van der Waals surface area contributed by atoms with Gasteiger partial charge in [-0.05, 0) is 59.5 Å². The second-order valence-corrected chi connectivity index (χ2v) is 6.66. The molecular formula is C23H22FN3O2. The molecule has 1 unspecified atom stereocenters. The molecule has 0 saturated carbocycles. The number of halogens is 1. The molecule has 5 N–H and O–H groups in total. The van der Waals surface area contributed by atoms with Crippen LogP contribution in [0.2, 0.25) is 0 Å². The number of nitrogens with one attached hydrogen (secondary N) is 2. The van der Waals surface area contributed by atoms with Crippen molar-refractivity contribution in [2.24, 2.45) is 0 Å². The van der Waals surface area contributed by atoms with Gasteiger partial charge in [-0.25, -0.2) is 4.39 Å². The molecule has 5 nitrogen and oxygen atoms in total. The molecule has 3 aromatic carbocycles. The minimum Gasteiger partial charge on any atom is -0.398 e. The standard InChI is InChI=1S/C23H22FN3O2/c24-20-6-2-4-17(13-20)22(9-10-28)27-23(29)18-5-1-3-15(11-18)16-7-8-21(26)19(12-16)14-25/h1-8,11-14,22,25,28H,9-10,26H2,(H,27,29). The summed E-state index contributed by atoms with van der Waals surface area (Å²) in [6, 6.07) is 17.9. The number of anilines is 1. The molecule has 0 fully saturated rings. The number of amides is 1. The minimum atomic E-state index is -0.507. The van der Waals surface area contributed by atoms with Gasteiger partial charge in [0.15, 0.2) is 0 Å². The second-order valence-electron chi connectivity index (χ2n) is 6.66. The van der Waals surface area contributed by atoms with Crippen molar-refractivity contribution in [1.82, 2.24) is 5.32 Å². The van der Waals surface area contributed by atoms with Crippen LogP contribution in [0.25, 0.3) is 11.1 Å². The first kappa shape index (κ1) is 20.2. The van der Waals surface area contributed by atoms with Crippen molar-refractivity contribution < 1.29 is 14.3 Å². The van der Waals surface area contributed by atoms with Crippen LogP contribution in [0, 0.1) is 11.2 Å². The number of rotatable bonds is 7. The van der Waals surface area contributed by atoms with E-state index in [1.165, 1.54) is 18.3 Å². The number of hydrogen-bond acceptors (Lipinski definition) is 4. The number of nitrogen functional groups attached to an aromatic ring is 1. The van der Waals surface area contributed by atoms with Gasteiger partial charge >= 0.3 is 0 Å². The van der Waals surface area contributed by atoms with Gasteiger partial charge in [0.1, 0.15) is 5.82 Å². The Kier molecular flexibility index (Phi) is 6.36. The predicted octanol–water partition coefficient (Wildman–Crippen LogP) is 3.93. The van der Waals surface area contributed by atoms with Crippen molar-refractivity contribution in [3.05, 3.63) is 89.2 Å². The highest BCUT2D eigenvalue weighted by Gasteiger charge is 2.16. The van der Waals surface area contributed by atoms with E-state index in [1.807, 2.05) is 12.1 Å². The molecular weight excluding hydrogens is 369 g/mol. The Morgan fingerprint density at radius 1 is 1.10 bits per heavy atom. The van der Waals surface area contributed by atoms with Crippen LogP contribution in [-0.2, 0) is 0 Å². The van der Waals surface area contributed by atoms with Gasteiger partial charge in [-0.15, -0.1) is 0 Å². The molecule has 29 heavy (non-hydrogen) atoms. The Balaban J connectivity index is 1.85. The van der Waals surface area contributed by atoms with Crippen molar-refractivity contribution in [1.29, 1.82) is 5.41 Å². The number of carbonyl (C=O) groups is 1. The van der Waals surface area contributed by atoms with Gasteiger partial charge in [-0.3, -0.25) is 4.79 Å². The average molecular weight is 391 g/mol. The van der Waals surface area contributed by atoms with E-state index < -0.39 is 11.9 Å². The molecule has 0 aliphatic heterocycles. The summed E-state index contributed by atoms with van der Waals surface area (Å²) in [6.45, 7) is -0.140. The molecule has 0 aliphatic rings. The van der Waals surface area contributed by atoms with Crippen LogP contribution < -0.4 is 11.1 Å². The van der Waals surface area contributed by atoms with E-state index in [0.717, 1.165) is 11.1 Å². The van der Waals surface area contributed by atoms with Gasteiger partial charge < -0.3 is 21.6 Å². The molecule has 0 heterocycles. The van der Waals surface area contributed by atoms with E-state index in [0.29, 0.717) is 22.4 Å². The van der Waals surface area contributed by atoms with Crippen LogP contribution in [0.1, 0.15) is 33.9 Å². The highest BCUT2D eigenvalue weighted by Crippen LogP contribution is 2.25. The van der Waals surface area contributed by atoms with E-state index in [4.69, 9.17) is 11.1 Å². The smallest absolute Gasteiger partial charge is 0.251 e. The molecule has 1 atom stereocenters. The largest absolute Gasteiger partial charge is 0.398 e. The van der Waals surface area contributed by atoms with Crippen molar-refractivity contribution in [2.75, 3.05) is 12.3 Å². The molecule has 6 heteroatoms.